The Morgan fingerprint density at radius 1 is 1.40 bits per heavy atom. The van der Waals surface area contributed by atoms with Crippen molar-refractivity contribution in [1.82, 2.24) is 9.88 Å². The van der Waals surface area contributed by atoms with Gasteiger partial charge in [0.05, 0.1) is 30.9 Å². The monoisotopic (exact) mass is 382 g/mol. The van der Waals surface area contributed by atoms with Crippen LogP contribution in [0.3, 0.4) is 0 Å². The van der Waals surface area contributed by atoms with Gasteiger partial charge in [-0.1, -0.05) is 11.6 Å². The number of carbonyl (C=O) groups is 1. The van der Waals surface area contributed by atoms with Gasteiger partial charge >= 0.3 is 5.97 Å². The molecule has 1 saturated heterocycles. The minimum absolute atomic E-state index is 0.0930. The first-order valence-electron chi connectivity index (χ1n) is 8.01. The van der Waals surface area contributed by atoms with Crippen molar-refractivity contribution in [1.29, 1.82) is 0 Å². The lowest BCUT2D eigenvalue weighted by Crippen LogP contribution is -2.38. The van der Waals surface area contributed by atoms with Crippen LogP contribution in [0.25, 0.3) is 10.6 Å². The SMILES string of the molecule is O=C(O)Cc1csc(-c2cc(Cl)ccc2OCCN2CCOCC2)n1. The smallest absolute Gasteiger partial charge is 0.309 e. The molecule has 0 radical (unpaired) electrons. The third-order valence-electron chi connectivity index (χ3n) is 3.82. The molecule has 0 aliphatic carbocycles. The number of thiazole rings is 1. The van der Waals surface area contributed by atoms with Crippen LogP contribution in [0.2, 0.25) is 5.02 Å². The minimum Gasteiger partial charge on any atom is -0.492 e. The number of nitrogens with zero attached hydrogens (tertiary/aromatic N) is 2. The number of aromatic nitrogens is 1. The Labute approximate surface area is 155 Å². The molecule has 1 N–H and O–H groups in total. The average Bonchev–Trinajstić information content (AvgIpc) is 3.04. The summed E-state index contributed by atoms with van der Waals surface area (Å²) < 4.78 is 11.3. The highest BCUT2D eigenvalue weighted by Crippen LogP contribution is 2.34. The van der Waals surface area contributed by atoms with E-state index in [9.17, 15) is 4.79 Å². The largest absolute Gasteiger partial charge is 0.492 e. The summed E-state index contributed by atoms with van der Waals surface area (Å²) in [6.07, 6.45) is -0.0930. The predicted molar refractivity (Wildman–Crippen MR) is 96.7 cm³/mol. The number of rotatable bonds is 7. The number of carboxylic acids is 1. The van der Waals surface area contributed by atoms with Gasteiger partial charge in [-0.3, -0.25) is 9.69 Å². The number of hydrogen-bond donors (Lipinski definition) is 1. The molecule has 6 nitrogen and oxygen atoms in total. The van der Waals surface area contributed by atoms with Gasteiger partial charge in [-0.25, -0.2) is 4.98 Å². The molecule has 0 amide bonds. The number of carboxylic acid groups (broad SMARTS) is 1. The summed E-state index contributed by atoms with van der Waals surface area (Å²) in [4.78, 5) is 17.5. The van der Waals surface area contributed by atoms with Gasteiger partial charge in [0.25, 0.3) is 0 Å². The fraction of sp³-hybridized carbons (Fsp3) is 0.412. The van der Waals surface area contributed by atoms with E-state index in [0.717, 1.165) is 38.4 Å². The fourth-order valence-corrected chi connectivity index (χ4v) is 3.58. The van der Waals surface area contributed by atoms with Crippen molar-refractivity contribution in [3.63, 3.8) is 0 Å². The molecule has 134 valence electrons. The van der Waals surface area contributed by atoms with Crippen LogP contribution in [0.4, 0.5) is 0 Å². The number of aliphatic carboxylic acids is 1. The first kappa shape index (κ1) is 18.1. The normalized spacial score (nSPS) is 15.2. The molecule has 0 atom stereocenters. The predicted octanol–water partition coefficient (Wildman–Crippen LogP) is 2.80. The van der Waals surface area contributed by atoms with Crippen LogP contribution in [0, 0.1) is 0 Å². The van der Waals surface area contributed by atoms with Crippen molar-refractivity contribution in [3.8, 4) is 16.3 Å². The zero-order valence-corrected chi connectivity index (χ0v) is 15.2. The summed E-state index contributed by atoms with van der Waals surface area (Å²) >= 11 is 7.51. The number of benzene rings is 1. The lowest BCUT2D eigenvalue weighted by Gasteiger charge is -2.26. The lowest BCUT2D eigenvalue weighted by atomic mass is 10.2. The molecule has 1 aliphatic rings. The van der Waals surface area contributed by atoms with Crippen LogP contribution in [-0.4, -0.2) is 60.4 Å². The zero-order chi connectivity index (χ0) is 17.6. The van der Waals surface area contributed by atoms with Crippen LogP contribution in [0.5, 0.6) is 5.75 Å². The molecule has 2 aromatic rings. The fourth-order valence-electron chi connectivity index (χ4n) is 2.57. The van der Waals surface area contributed by atoms with Crippen molar-refractivity contribution < 1.29 is 19.4 Å². The van der Waals surface area contributed by atoms with E-state index in [1.807, 2.05) is 6.07 Å². The maximum Gasteiger partial charge on any atom is 0.309 e. The molecule has 8 heteroatoms. The molecule has 0 unspecified atom stereocenters. The second-order valence-electron chi connectivity index (χ2n) is 5.66. The van der Waals surface area contributed by atoms with E-state index in [1.54, 1.807) is 17.5 Å². The summed E-state index contributed by atoms with van der Waals surface area (Å²) in [7, 11) is 0. The standard InChI is InChI=1S/C17H19ClN2O4S/c18-12-1-2-15(24-8-5-20-3-6-23-7-4-20)14(9-12)17-19-13(11-25-17)10-16(21)22/h1-2,9,11H,3-8,10H2,(H,21,22). The third kappa shape index (κ3) is 5.15. The van der Waals surface area contributed by atoms with Gasteiger partial charge in [-0.2, -0.15) is 0 Å². The zero-order valence-electron chi connectivity index (χ0n) is 13.6. The topological polar surface area (TPSA) is 71.9 Å². The van der Waals surface area contributed by atoms with E-state index in [2.05, 4.69) is 9.88 Å². The molecule has 2 heterocycles. The molecule has 1 fully saturated rings. The Bertz CT molecular complexity index is 731. The van der Waals surface area contributed by atoms with Crippen LogP contribution in [0.15, 0.2) is 23.6 Å². The molecule has 0 bridgehead atoms. The number of halogens is 1. The highest BCUT2D eigenvalue weighted by Gasteiger charge is 2.14. The van der Waals surface area contributed by atoms with Crippen molar-refractivity contribution in [2.75, 3.05) is 39.5 Å². The van der Waals surface area contributed by atoms with Gasteiger partial charge < -0.3 is 14.6 Å². The van der Waals surface area contributed by atoms with Crippen LogP contribution in [0.1, 0.15) is 5.69 Å². The molecule has 3 rings (SSSR count). The number of morpholine rings is 1. The Kier molecular flexibility index (Phi) is 6.25. The minimum atomic E-state index is -0.898. The Hall–Kier alpha value is -1.67. The second-order valence-corrected chi connectivity index (χ2v) is 6.95. The van der Waals surface area contributed by atoms with Crippen molar-refractivity contribution in [2.24, 2.45) is 0 Å². The van der Waals surface area contributed by atoms with Gasteiger partial charge in [0.15, 0.2) is 0 Å². The van der Waals surface area contributed by atoms with Crippen molar-refractivity contribution in [2.45, 2.75) is 6.42 Å². The molecule has 1 aromatic carbocycles. The molecule has 25 heavy (non-hydrogen) atoms. The Morgan fingerprint density at radius 3 is 2.96 bits per heavy atom. The van der Waals surface area contributed by atoms with Gasteiger partial charge in [0.2, 0.25) is 0 Å². The average molecular weight is 383 g/mol. The van der Waals surface area contributed by atoms with E-state index in [1.165, 1.54) is 11.3 Å². The maximum atomic E-state index is 10.8. The van der Waals surface area contributed by atoms with E-state index in [0.29, 0.717) is 28.1 Å². The van der Waals surface area contributed by atoms with E-state index in [-0.39, 0.29) is 6.42 Å². The Balaban J connectivity index is 1.69. The summed E-state index contributed by atoms with van der Waals surface area (Å²) in [5.41, 5.74) is 1.32. The molecule has 0 spiro atoms. The summed E-state index contributed by atoms with van der Waals surface area (Å²) in [5.74, 6) is -0.196. The quantitative estimate of drug-likeness (QED) is 0.793. The van der Waals surface area contributed by atoms with Gasteiger partial charge in [-0.05, 0) is 18.2 Å². The molecule has 1 aliphatic heterocycles. The van der Waals surface area contributed by atoms with E-state index in [4.69, 9.17) is 26.2 Å². The molecule has 0 saturated carbocycles. The van der Waals surface area contributed by atoms with Crippen LogP contribution >= 0.6 is 22.9 Å². The highest BCUT2D eigenvalue weighted by molar-refractivity contribution is 7.13. The molecule has 1 aromatic heterocycles. The second kappa shape index (κ2) is 8.62. The van der Waals surface area contributed by atoms with Crippen molar-refractivity contribution >= 4 is 28.9 Å². The number of ether oxygens (including phenoxy) is 2. The van der Waals surface area contributed by atoms with Crippen LogP contribution in [-0.2, 0) is 16.0 Å². The summed E-state index contributed by atoms with van der Waals surface area (Å²) in [5, 5.41) is 11.9. The number of hydrogen-bond acceptors (Lipinski definition) is 6. The lowest BCUT2D eigenvalue weighted by molar-refractivity contribution is -0.136. The Morgan fingerprint density at radius 2 is 2.20 bits per heavy atom. The van der Waals surface area contributed by atoms with Gasteiger partial charge in [-0.15, -0.1) is 11.3 Å². The first-order chi connectivity index (χ1) is 12.1. The highest BCUT2D eigenvalue weighted by atomic mass is 35.5. The third-order valence-corrected chi connectivity index (χ3v) is 4.98. The maximum absolute atomic E-state index is 10.8. The summed E-state index contributed by atoms with van der Waals surface area (Å²) in [6.45, 7) is 4.74. The van der Waals surface area contributed by atoms with E-state index < -0.39 is 5.97 Å². The summed E-state index contributed by atoms with van der Waals surface area (Å²) in [6, 6.07) is 5.41. The first-order valence-corrected chi connectivity index (χ1v) is 9.26. The molecular formula is C17H19ClN2O4S. The van der Waals surface area contributed by atoms with Crippen molar-refractivity contribution in [3.05, 3.63) is 34.3 Å². The van der Waals surface area contributed by atoms with E-state index >= 15 is 0 Å². The van der Waals surface area contributed by atoms with Crippen LogP contribution < -0.4 is 4.74 Å². The van der Waals surface area contributed by atoms with Gasteiger partial charge in [0, 0.05) is 30.0 Å². The van der Waals surface area contributed by atoms with Gasteiger partial charge in [0.1, 0.15) is 17.4 Å². The molecular weight excluding hydrogens is 364 g/mol.